The molecule has 1 amide bonds. The average Bonchev–Trinajstić information content (AvgIpc) is 3.11. The standard InChI is InChI=1S/C19H22N6O3/c1-12-14(18(27)21-19(28)20-12)5-6-16(26)24-10-7-13(8-11-24)17-23-22-15-4-2-3-9-25(15)17/h2-4,9,13H,5-8,10-11H2,1H3,(H2,20,21,27,28). The number of hydrogen-bond acceptors (Lipinski definition) is 5. The molecule has 146 valence electrons. The summed E-state index contributed by atoms with van der Waals surface area (Å²) >= 11 is 0. The topological polar surface area (TPSA) is 116 Å². The predicted octanol–water partition coefficient (Wildman–Crippen LogP) is 0.753. The number of hydrogen-bond donors (Lipinski definition) is 2. The number of carbonyl (C=O) groups excluding carboxylic acids is 1. The number of H-pyrrole nitrogens is 2. The Balaban J connectivity index is 1.37. The van der Waals surface area contributed by atoms with Gasteiger partial charge in [-0.15, -0.1) is 10.2 Å². The largest absolute Gasteiger partial charge is 0.343 e. The Morgan fingerprint density at radius 2 is 1.96 bits per heavy atom. The lowest BCUT2D eigenvalue weighted by Gasteiger charge is -2.31. The zero-order chi connectivity index (χ0) is 19.7. The third kappa shape index (κ3) is 3.47. The van der Waals surface area contributed by atoms with Crippen LogP contribution in [0.25, 0.3) is 5.65 Å². The number of fused-ring (bicyclic) bond motifs is 1. The molecule has 0 saturated carbocycles. The normalized spacial score (nSPS) is 15.2. The third-order valence-corrected chi connectivity index (χ3v) is 5.40. The SMILES string of the molecule is Cc1[nH]c(=O)[nH]c(=O)c1CCC(=O)N1CCC(c2nnc3ccccn23)CC1. The quantitative estimate of drug-likeness (QED) is 0.691. The highest BCUT2D eigenvalue weighted by molar-refractivity contribution is 5.76. The van der Waals surface area contributed by atoms with E-state index in [2.05, 4.69) is 20.2 Å². The molecule has 0 spiro atoms. The van der Waals surface area contributed by atoms with Crippen molar-refractivity contribution in [1.82, 2.24) is 29.5 Å². The van der Waals surface area contributed by atoms with E-state index in [0.29, 0.717) is 30.8 Å². The van der Waals surface area contributed by atoms with E-state index in [-0.39, 0.29) is 18.2 Å². The van der Waals surface area contributed by atoms with Gasteiger partial charge in [0.15, 0.2) is 5.65 Å². The molecule has 1 aliphatic heterocycles. The van der Waals surface area contributed by atoms with Gasteiger partial charge in [-0.1, -0.05) is 6.07 Å². The van der Waals surface area contributed by atoms with Crippen molar-refractivity contribution in [2.24, 2.45) is 0 Å². The van der Waals surface area contributed by atoms with Crippen LogP contribution in [-0.2, 0) is 11.2 Å². The number of likely N-dealkylation sites (tertiary alicyclic amines) is 1. The molecule has 0 bridgehead atoms. The molecule has 0 aromatic carbocycles. The maximum atomic E-state index is 12.6. The van der Waals surface area contributed by atoms with Crippen LogP contribution < -0.4 is 11.2 Å². The number of piperidine rings is 1. The Bertz CT molecular complexity index is 1120. The van der Waals surface area contributed by atoms with Gasteiger partial charge < -0.3 is 9.88 Å². The van der Waals surface area contributed by atoms with Crippen LogP contribution >= 0.6 is 0 Å². The molecule has 4 heterocycles. The summed E-state index contributed by atoms with van der Waals surface area (Å²) in [6, 6.07) is 5.82. The molecule has 4 rings (SSSR count). The van der Waals surface area contributed by atoms with Crippen LogP contribution in [0.4, 0.5) is 0 Å². The molecule has 0 aliphatic carbocycles. The van der Waals surface area contributed by atoms with E-state index < -0.39 is 11.2 Å². The van der Waals surface area contributed by atoms with Crippen molar-refractivity contribution in [3.63, 3.8) is 0 Å². The minimum Gasteiger partial charge on any atom is -0.343 e. The lowest BCUT2D eigenvalue weighted by Crippen LogP contribution is -2.38. The van der Waals surface area contributed by atoms with Gasteiger partial charge in [0, 0.05) is 42.9 Å². The Hall–Kier alpha value is -3.23. The smallest absolute Gasteiger partial charge is 0.325 e. The highest BCUT2D eigenvalue weighted by Crippen LogP contribution is 2.27. The van der Waals surface area contributed by atoms with Crippen molar-refractivity contribution in [2.75, 3.05) is 13.1 Å². The lowest BCUT2D eigenvalue weighted by atomic mass is 9.95. The van der Waals surface area contributed by atoms with Gasteiger partial charge in [0.2, 0.25) is 5.91 Å². The first kappa shape index (κ1) is 18.1. The van der Waals surface area contributed by atoms with Crippen LogP contribution in [0, 0.1) is 6.92 Å². The zero-order valence-corrected chi connectivity index (χ0v) is 15.6. The van der Waals surface area contributed by atoms with Gasteiger partial charge in [-0.05, 0) is 38.3 Å². The molecule has 1 saturated heterocycles. The maximum absolute atomic E-state index is 12.6. The summed E-state index contributed by atoms with van der Waals surface area (Å²) in [4.78, 5) is 42.4. The number of rotatable bonds is 4. The van der Waals surface area contributed by atoms with Crippen molar-refractivity contribution in [1.29, 1.82) is 0 Å². The molecule has 9 nitrogen and oxygen atoms in total. The number of carbonyl (C=O) groups is 1. The first-order valence-corrected chi connectivity index (χ1v) is 9.42. The predicted molar refractivity (Wildman–Crippen MR) is 102 cm³/mol. The highest BCUT2D eigenvalue weighted by atomic mass is 16.2. The molecule has 1 aliphatic rings. The zero-order valence-electron chi connectivity index (χ0n) is 15.6. The van der Waals surface area contributed by atoms with Crippen LogP contribution in [-0.4, -0.2) is 48.5 Å². The number of nitrogens with zero attached hydrogens (tertiary/aromatic N) is 4. The van der Waals surface area contributed by atoms with E-state index in [1.54, 1.807) is 6.92 Å². The number of aryl methyl sites for hydroxylation is 1. The van der Waals surface area contributed by atoms with E-state index in [9.17, 15) is 14.4 Å². The number of pyridine rings is 1. The fourth-order valence-corrected chi connectivity index (χ4v) is 3.84. The van der Waals surface area contributed by atoms with Crippen LogP contribution in [0.2, 0.25) is 0 Å². The summed E-state index contributed by atoms with van der Waals surface area (Å²) < 4.78 is 2.01. The van der Waals surface area contributed by atoms with Crippen molar-refractivity contribution < 1.29 is 4.79 Å². The monoisotopic (exact) mass is 382 g/mol. The Kier molecular flexibility index (Phi) is 4.81. The summed E-state index contributed by atoms with van der Waals surface area (Å²) in [5.41, 5.74) is 0.848. The summed E-state index contributed by atoms with van der Waals surface area (Å²) in [6.07, 6.45) is 4.19. The van der Waals surface area contributed by atoms with E-state index in [1.807, 2.05) is 33.7 Å². The Labute approximate surface area is 160 Å². The van der Waals surface area contributed by atoms with Gasteiger partial charge in [0.1, 0.15) is 5.82 Å². The molecular weight excluding hydrogens is 360 g/mol. The van der Waals surface area contributed by atoms with Crippen molar-refractivity contribution in [3.05, 3.63) is 62.3 Å². The lowest BCUT2D eigenvalue weighted by molar-refractivity contribution is -0.132. The van der Waals surface area contributed by atoms with Crippen molar-refractivity contribution in [3.8, 4) is 0 Å². The molecule has 3 aromatic heterocycles. The van der Waals surface area contributed by atoms with Gasteiger partial charge >= 0.3 is 5.69 Å². The molecule has 0 radical (unpaired) electrons. The summed E-state index contributed by atoms with van der Waals surface area (Å²) in [7, 11) is 0. The fourth-order valence-electron chi connectivity index (χ4n) is 3.84. The van der Waals surface area contributed by atoms with E-state index in [0.717, 1.165) is 24.3 Å². The molecule has 2 N–H and O–H groups in total. The third-order valence-electron chi connectivity index (χ3n) is 5.40. The summed E-state index contributed by atoms with van der Waals surface area (Å²) in [5.74, 6) is 1.23. The second-order valence-corrected chi connectivity index (χ2v) is 7.15. The van der Waals surface area contributed by atoms with Gasteiger partial charge in [-0.25, -0.2) is 4.79 Å². The van der Waals surface area contributed by atoms with Crippen LogP contribution in [0.1, 0.15) is 42.3 Å². The molecule has 9 heteroatoms. The number of nitrogens with one attached hydrogen (secondary N) is 2. The van der Waals surface area contributed by atoms with Crippen LogP contribution in [0.15, 0.2) is 34.0 Å². The molecule has 0 atom stereocenters. The fraction of sp³-hybridized carbons (Fsp3) is 0.421. The van der Waals surface area contributed by atoms with Crippen molar-refractivity contribution >= 4 is 11.6 Å². The average molecular weight is 382 g/mol. The summed E-state index contributed by atoms with van der Waals surface area (Å²) in [6.45, 7) is 2.99. The highest BCUT2D eigenvalue weighted by Gasteiger charge is 2.26. The molecule has 3 aromatic rings. The summed E-state index contributed by atoms with van der Waals surface area (Å²) in [5, 5.41) is 8.54. The van der Waals surface area contributed by atoms with Gasteiger partial charge in [0.05, 0.1) is 0 Å². The number of aromatic amines is 2. The van der Waals surface area contributed by atoms with E-state index in [1.165, 1.54) is 0 Å². The van der Waals surface area contributed by atoms with Crippen LogP contribution in [0.3, 0.4) is 0 Å². The minimum atomic E-state index is -0.527. The molecule has 0 unspecified atom stereocenters. The first-order valence-electron chi connectivity index (χ1n) is 9.42. The van der Waals surface area contributed by atoms with E-state index in [4.69, 9.17) is 0 Å². The van der Waals surface area contributed by atoms with Gasteiger partial charge in [-0.3, -0.25) is 19.0 Å². The maximum Gasteiger partial charge on any atom is 0.325 e. The number of amides is 1. The second-order valence-electron chi connectivity index (χ2n) is 7.15. The Morgan fingerprint density at radius 3 is 2.71 bits per heavy atom. The van der Waals surface area contributed by atoms with Gasteiger partial charge in [0.25, 0.3) is 5.56 Å². The molecule has 1 fully saturated rings. The first-order chi connectivity index (χ1) is 13.5. The number of aromatic nitrogens is 5. The molecule has 28 heavy (non-hydrogen) atoms. The minimum absolute atomic E-state index is 0.0227. The van der Waals surface area contributed by atoms with Gasteiger partial charge in [-0.2, -0.15) is 0 Å². The van der Waals surface area contributed by atoms with Crippen molar-refractivity contribution in [2.45, 2.75) is 38.5 Å². The molecular formula is C19H22N6O3. The van der Waals surface area contributed by atoms with E-state index >= 15 is 0 Å². The Morgan fingerprint density at radius 1 is 1.18 bits per heavy atom. The second kappa shape index (κ2) is 7.41. The van der Waals surface area contributed by atoms with Crippen LogP contribution in [0.5, 0.6) is 0 Å².